The normalized spacial score (nSPS) is 19.6. The lowest BCUT2D eigenvalue weighted by Crippen LogP contribution is -2.64. The van der Waals surface area contributed by atoms with Crippen molar-refractivity contribution < 1.29 is 23.9 Å². The van der Waals surface area contributed by atoms with E-state index in [1.165, 1.54) is 19.8 Å². The van der Waals surface area contributed by atoms with E-state index in [0.29, 0.717) is 33.8 Å². The Morgan fingerprint density at radius 1 is 1.00 bits per heavy atom. The number of nitrogens with zero attached hydrogens (tertiary/aromatic N) is 2. The molecule has 5 rings (SSSR count). The third-order valence-electron chi connectivity index (χ3n) is 8.24. The molecule has 1 saturated carbocycles. The minimum absolute atomic E-state index is 0.0857. The number of methoxy groups -OCH3 is 2. The summed E-state index contributed by atoms with van der Waals surface area (Å²) < 4.78 is 12.9. The van der Waals surface area contributed by atoms with E-state index in [1.807, 2.05) is 41.8 Å². The molecule has 1 aliphatic carbocycles. The van der Waals surface area contributed by atoms with E-state index >= 15 is 0 Å². The zero-order valence-corrected chi connectivity index (χ0v) is 23.7. The van der Waals surface area contributed by atoms with Crippen LogP contribution in [-0.4, -0.2) is 53.0 Å². The Morgan fingerprint density at radius 2 is 1.65 bits per heavy atom. The molecule has 9 heteroatoms. The predicted molar refractivity (Wildman–Crippen MR) is 154 cm³/mol. The highest BCUT2D eigenvalue weighted by Gasteiger charge is 2.49. The maximum Gasteiger partial charge on any atom is 0.273 e. The van der Waals surface area contributed by atoms with Gasteiger partial charge in [0.2, 0.25) is 11.8 Å². The van der Waals surface area contributed by atoms with Crippen molar-refractivity contribution in [1.29, 1.82) is 0 Å². The molecule has 212 valence electrons. The summed E-state index contributed by atoms with van der Waals surface area (Å²) >= 11 is 0. The van der Waals surface area contributed by atoms with Crippen molar-refractivity contribution in [3.63, 3.8) is 0 Å². The Labute approximate surface area is 234 Å². The highest BCUT2D eigenvalue weighted by Crippen LogP contribution is 2.43. The van der Waals surface area contributed by atoms with Gasteiger partial charge in [-0.05, 0) is 31.4 Å². The minimum Gasteiger partial charge on any atom is -0.493 e. The summed E-state index contributed by atoms with van der Waals surface area (Å²) in [6.07, 6.45) is 6.41. The van der Waals surface area contributed by atoms with Crippen LogP contribution in [-0.2, 0) is 22.7 Å². The van der Waals surface area contributed by atoms with Gasteiger partial charge in [0.1, 0.15) is 11.2 Å². The predicted octanol–water partition coefficient (Wildman–Crippen LogP) is 4.87. The van der Waals surface area contributed by atoms with Crippen LogP contribution in [0.5, 0.6) is 11.5 Å². The number of ether oxygens (including phenoxy) is 2. The summed E-state index contributed by atoms with van der Waals surface area (Å²) in [4.78, 5) is 42.6. The molecule has 2 aliphatic rings. The lowest BCUT2D eigenvalue weighted by atomic mass is 9.92. The van der Waals surface area contributed by atoms with Gasteiger partial charge in [0, 0.05) is 31.0 Å². The van der Waals surface area contributed by atoms with Gasteiger partial charge in [-0.3, -0.25) is 14.4 Å². The molecule has 2 N–H and O–H groups in total. The van der Waals surface area contributed by atoms with Gasteiger partial charge in [-0.25, -0.2) is 0 Å². The first-order valence-corrected chi connectivity index (χ1v) is 14.0. The van der Waals surface area contributed by atoms with Crippen LogP contribution in [0.2, 0.25) is 0 Å². The third kappa shape index (κ3) is 5.00. The Balaban J connectivity index is 1.67. The zero-order chi connectivity index (χ0) is 28.4. The number of carbonyl (C=O) groups excluding carboxylic acids is 3. The summed E-state index contributed by atoms with van der Waals surface area (Å²) in [7, 11) is 3.09. The summed E-state index contributed by atoms with van der Waals surface area (Å²) in [6, 6.07) is 13.3. The fraction of sp³-hybridized carbons (Fsp3) is 0.452. The Hall–Kier alpha value is -4.01. The van der Waals surface area contributed by atoms with Crippen LogP contribution in [0, 0.1) is 0 Å². The number of aromatic nitrogens is 1. The van der Waals surface area contributed by atoms with Gasteiger partial charge in [0.05, 0.1) is 32.0 Å². The first kappa shape index (κ1) is 27.6. The maximum absolute atomic E-state index is 14.5. The molecule has 2 aromatic carbocycles. The molecule has 3 amide bonds. The van der Waals surface area contributed by atoms with Crippen molar-refractivity contribution in [2.24, 2.45) is 0 Å². The molecule has 40 heavy (non-hydrogen) atoms. The van der Waals surface area contributed by atoms with E-state index in [1.54, 1.807) is 31.3 Å². The number of carbonyl (C=O) groups is 3. The van der Waals surface area contributed by atoms with Crippen LogP contribution in [0.4, 0.5) is 5.69 Å². The molecule has 9 nitrogen and oxygen atoms in total. The van der Waals surface area contributed by atoms with E-state index in [0.717, 1.165) is 31.2 Å². The number of rotatable bonds is 7. The summed E-state index contributed by atoms with van der Waals surface area (Å²) in [5, 5.41) is 6.83. The van der Waals surface area contributed by atoms with Crippen molar-refractivity contribution in [3.05, 3.63) is 53.7 Å². The highest BCUT2D eigenvalue weighted by molar-refractivity contribution is 6.15. The Bertz CT molecular complexity index is 1420. The van der Waals surface area contributed by atoms with E-state index in [2.05, 4.69) is 10.6 Å². The van der Waals surface area contributed by atoms with E-state index in [-0.39, 0.29) is 36.9 Å². The van der Waals surface area contributed by atoms with Crippen LogP contribution >= 0.6 is 0 Å². The van der Waals surface area contributed by atoms with Gasteiger partial charge >= 0.3 is 0 Å². The fourth-order valence-corrected chi connectivity index (χ4v) is 6.08. The maximum atomic E-state index is 14.5. The van der Waals surface area contributed by atoms with Gasteiger partial charge in [0.25, 0.3) is 5.91 Å². The van der Waals surface area contributed by atoms with Gasteiger partial charge in [-0.2, -0.15) is 0 Å². The molecule has 1 aromatic heterocycles. The Kier molecular flexibility index (Phi) is 7.74. The van der Waals surface area contributed by atoms with Gasteiger partial charge in [-0.15, -0.1) is 0 Å². The summed E-state index contributed by atoms with van der Waals surface area (Å²) in [5.74, 6) is 0.177. The molecule has 1 fully saturated rings. The number of anilines is 1. The number of nitrogens with one attached hydrogen (secondary N) is 2. The lowest BCUT2D eigenvalue weighted by molar-refractivity contribution is -0.134. The Morgan fingerprint density at radius 3 is 2.27 bits per heavy atom. The average Bonchev–Trinajstić information content (AvgIpc) is 3.08. The quantitative estimate of drug-likeness (QED) is 0.412. The number of hydrogen-bond donors (Lipinski definition) is 2. The zero-order valence-electron chi connectivity index (χ0n) is 23.7. The van der Waals surface area contributed by atoms with Crippen LogP contribution in [0.1, 0.15) is 68.4 Å². The molecule has 1 unspecified atom stereocenters. The average molecular weight is 547 g/mol. The molecule has 3 aromatic rings. The molecule has 0 spiro atoms. The van der Waals surface area contributed by atoms with Gasteiger partial charge in [-0.1, -0.05) is 56.0 Å². The molecule has 1 aliphatic heterocycles. The first-order chi connectivity index (χ1) is 19.3. The number of amides is 3. The molecule has 1 atom stereocenters. The second-order valence-corrected chi connectivity index (χ2v) is 11.0. The molecular weight excluding hydrogens is 508 g/mol. The van der Waals surface area contributed by atoms with Crippen molar-refractivity contribution >= 4 is 34.3 Å². The van der Waals surface area contributed by atoms with Gasteiger partial charge < -0.3 is 29.6 Å². The molecule has 2 heterocycles. The van der Waals surface area contributed by atoms with E-state index < -0.39 is 5.54 Å². The third-order valence-corrected chi connectivity index (χ3v) is 8.24. The molecule has 0 radical (unpaired) electrons. The monoisotopic (exact) mass is 546 g/mol. The summed E-state index contributed by atoms with van der Waals surface area (Å²) in [5.41, 5.74) is 1.14. The SMILES string of the molecule is COc1cc2c(NC(C)=O)c3n(c2cc1OC)CC(C)(C(=O)NC1CCCCCC1)N(Cc1ccccc1)C3=O. The summed E-state index contributed by atoms with van der Waals surface area (Å²) in [6.45, 7) is 3.72. The largest absolute Gasteiger partial charge is 0.493 e. The van der Waals surface area contributed by atoms with Crippen molar-refractivity contribution in [2.45, 2.75) is 77.0 Å². The topological polar surface area (TPSA) is 102 Å². The number of fused-ring (bicyclic) bond motifs is 3. The molecule has 0 saturated heterocycles. The van der Waals surface area contributed by atoms with Crippen LogP contribution in [0.25, 0.3) is 10.9 Å². The fourth-order valence-electron chi connectivity index (χ4n) is 6.08. The highest BCUT2D eigenvalue weighted by atomic mass is 16.5. The molecular formula is C31H38N4O5. The van der Waals surface area contributed by atoms with Crippen LogP contribution in [0.15, 0.2) is 42.5 Å². The van der Waals surface area contributed by atoms with E-state index in [4.69, 9.17) is 9.47 Å². The minimum atomic E-state index is -1.18. The second kappa shape index (κ2) is 11.2. The van der Waals surface area contributed by atoms with Gasteiger partial charge in [0.15, 0.2) is 11.5 Å². The smallest absolute Gasteiger partial charge is 0.273 e. The standard InChI is InChI=1S/C31H38N4O5/c1-20(36)32-27-23-16-25(39-3)26(40-4)17-24(23)34-19-31(2,30(38)33-22-14-10-5-6-11-15-22)35(29(37)28(27)34)18-21-12-8-7-9-13-21/h7-9,12-13,16-17,22H,5-6,10-11,14-15,18-19H2,1-4H3,(H,32,36)(H,33,38). The van der Waals surface area contributed by atoms with E-state index in [9.17, 15) is 14.4 Å². The van der Waals surface area contributed by atoms with Crippen molar-refractivity contribution in [1.82, 2.24) is 14.8 Å². The van der Waals surface area contributed by atoms with Crippen LogP contribution < -0.4 is 20.1 Å². The number of benzene rings is 2. The second-order valence-electron chi connectivity index (χ2n) is 11.0. The molecule has 0 bridgehead atoms. The number of hydrogen-bond acceptors (Lipinski definition) is 5. The van der Waals surface area contributed by atoms with Crippen molar-refractivity contribution in [2.75, 3.05) is 19.5 Å². The van der Waals surface area contributed by atoms with Crippen LogP contribution in [0.3, 0.4) is 0 Å². The first-order valence-electron chi connectivity index (χ1n) is 14.0. The lowest BCUT2D eigenvalue weighted by Gasteiger charge is -2.45. The van der Waals surface area contributed by atoms with Crippen molar-refractivity contribution in [3.8, 4) is 11.5 Å².